The third-order valence-corrected chi connectivity index (χ3v) is 6.18. The lowest BCUT2D eigenvalue weighted by molar-refractivity contribution is 0.927. The molecule has 3 aromatic carbocycles. The molecule has 0 bridgehead atoms. The molecule has 0 heterocycles. The van der Waals surface area contributed by atoms with E-state index < -0.39 is 9.59 Å². The Morgan fingerprint density at radius 2 is 1.59 bits per heavy atom. The van der Waals surface area contributed by atoms with E-state index in [0.29, 0.717) is 4.90 Å². The number of halogens is 1. The molecule has 3 rings (SSSR count). The summed E-state index contributed by atoms with van der Waals surface area (Å²) in [5, 5.41) is 0. The second-order valence-corrected chi connectivity index (χ2v) is 9.24. The molecule has 0 radical (unpaired) electrons. The van der Waals surface area contributed by atoms with Gasteiger partial charge in [-0.25, -0.2) is 0 Å². The van der Waals surface area contributed by atoms with Gasteiger partial charge < -0.3 is 0 Å². The molecule has 0 spiro atoms. The minimum Gasteiger partial charge on any atom is -0.177 e. The Balaban J connectivity index is 1.81. The maximum absolute atomic E-state index is 14.5. The van der Waals surface area contributed by atoms with Crippen LogP contribution in [0, 0.1) is 6.92 Å². The average Bonchev–Trinajstić information content (AvgIpc) is 2.71. The van der Waals surface area contributed by atoms with Crippen LogP contribution >= 0.6 is 9.59 Å². The zero-order valence-corrected chi connectivity index (χ0v) is 17.7. The summed E-state index contributed by atoms with van der Waals surface area (Å²) in [5.41, 5.74) is 6.93. The molecule has 0 aromatic heterocycles. The second kappa shape index (κ2) is 9.11. The van der Waals surface area contributed by atoms with Crippen molar-refractivity contribution in [2.75, 3.05) is 0 Å². The average molecular weight is 403 g/mol. The van der Waals surface area contributed by atoms with Crippen molar-refractivity contribution in [2.24, 2.45) is 0 Å². The van der Waals surface area contributed by atoms with E-state index in [1.807, 2.05) is 24.3 Å². The smallest absolute Gasteiger partial charge is 0.0319 e. The van der Waals surface area contributed by atoms with Crippen molar-refractivity contribution in [3.8, 4) is 11.1 Å². The number of aryl methyl sites for hydroxylation is 2. The Morgan fingerprint density at radius 3 is 2.24 bits per heavy atom. The summed E-state index contributed by atoms with van der Waals surface area (Å²) in [4.78, 5) is 0.587. The van der Waals surface area contributed by atoms with Crippen molar-refractivity contribution in [2.45, 2.75) is 24.7 Å². The Bertz CT molecular complexity index is 1130. The van der Waals surface area contributed by atoms with E-state index >= 15 is 0 Å². The molecular formula is C27H27FS. The van der Waals surface area contributed by atoms with Gasteiger partial charge in [-0.3, -0.25) is 0 Å². The van der Waals surface area contributed by atoms with Gasteiger partial charge in [-0.2, -0.15) is 3.89 Å². The lowest BCUT2D eigenvalue weighted by Crippen LogP contribution is -1.93. The fraction of sp³-hybridized carbons (Fsp3) is 0.111. The van der Waals surface area contributed by atoms with E-state index in [1.165, 1.54) is 22.3 Å². The van der Waals surface area contributed by atoms with Gasteiger partial charge in [0.05, 0.1) is 0 Å². The summed E-state index contributed by atoms with van der Waals surface area (Å²) in [7, 11) is -2.77. The standard InChI is InChI=1S/C27H27FS/c1-5-10-23(25-12-7-6-11-21(25)2)18-15-22-16-19-24(20-17-22)26-13-8-9-14-27(26)29(3,4)28/h5-14,16-17,19-20H,1,3-4,15,18H2,2H3/b23-10-. The summed E-state index contributed by atoms with van der Waals surface area (Å²) in [5.74, 6) is 7.28. The number of rotatable bonds is 7. The molecule has 0 atom stereocenters. The van der Waals surface area contributed by atoms with Crippen molar-refractivity contribution in [1.82, 2.24) is 0 Å². The highest BCUT2D eigenvalue weighted by molar-refractivity contribution is 8.23. The van der Waals surface area contributed by atoms with Gasteiger partial charge in [0.2, 0.25) is 0 Å². The lowest BCUT2D eigenvalue weighted by atomic mass is 9.94. The van der Waals surface area contributed by atoms with Gasteiger partial charge in [0.25, 0.3) is 0 Å². The molecule has 0 N–H and O–H groups in total. The zero-order chi connectivity index (χ0) is 20.9. The van der Waals surface area contributed by atoms with Crippen LogP contribution in [-0.2, 0) is 6.42 Å². The third kappa shape index (κ3) is 5.16. The highest BCUT2D eigenvalue weighted by Crippen LogP contribution is 2.40. The van der Waals surface area contributed by atoms with Crippen LogP contribution in [0.1, 0.15) is 23.1 Å². The lowest BCUT2D eigenvalue weighted by Gasteiger charge is -2.13. The van der Waals surface area contributed by atoms with Gasteiger partial charge in [-0.15, -0.1) is 0 Å². The summed E-state index contributed by atoms with van der Waals surface area (Å²) >= 11 is 0. The van der Waals surface area contributed by atoms with Crippen molar-refractivity contribution in [3.63, 3.8) is 0 Å². The highest BCUT2D eigenvalue weighted by atomic mass is 32.2. The van der Waals surface area contributed by atoms with Crippen LogP contribution in [0.3, 0.4) is 0 Å². The third-order valence-electron chi connectivity index (χ3n) is 5.04. The quantitative estimate of drug-likeness (QED) is 0.280. The van der Waals surface area contributed by atoms with Crippen LogP contribution in [0.4, 0.5) is 3.89 Å². The molecular weight excluding hydrogens is 375 g/mol. The molecule has 0 aliphatic rings. The SMILES string of the molecule is C=C/C=C(/CCc1ccc(-c2ccccc2S(=C)(=C)F)cc1)c1ccccc1C. The predicted molar refractivity (Wildman–Crippen MR) is 131 cm³/mol. The zero-order valence-electron chi connectivity index (χ0n) is 16.9. The van der Waals surface area contributed by atoms with E-state index in [4.69, 9.17) is 0 Å². The molecule has 0 saturated carbocycles. The summed E-state index contributed by atoms with van der Waals surface area (Å²) in [6, 6.07) is 24.3. The highest BCUT2D eigenvalue weighted by Gasteiger charge is 2.09. The normalized spacial score (nSPS) is 12.0. The Labute approximate surface area is 174 Å². The van der Waals surface area contributed by atoms with E-state index in [2.05, 4.69) is 79.9 Å². The maximum atomic E-state index is 14.5. The minimum absolute atomic E-state index is 0.587. The van der Waals surface area contributed by atoms with Gasteiger partial charge in [-0.1, -0.05) is 85.5 Å². The molecule has 0 nitrogen and oxygen atoms in total. The van der Waals surface area contributed by atoms with Gasteiger partial charge in [0.15, 0.2) is 0 Å². The first-order valence-corrected chi connectivity index (χ1v) is 11.5. The molecule has 0 amide bonds. The molecule has 3 aromatic rings. The first-order chi connectivity index (χ1) is 13.9. The van der Waals surface area contributed by atoms with E-state index in [-0.39, 0.29) is 0 Å². The fourth-order valence-electron chi connectivity index (χ4n) is 3.54. The van der Waals surface area contributed by atoms with Crippen LogP contribution in [0.25, 0.3) is 16.7 Å². The summed E-state index contributed by atoms with van der Waals surface area (Å²) in [6.45, 7) is 6.00. The van der Waals surface area contributed by atoms with Crippen molar-refractivity contribution in [3.05, 3.63) is 108 Å². The Kier molecular flexibility index (Phi) is 6.56. The Hall–Kier alpha value is -2.84. The van der Waals surface area contributed by atoms with Gasteiger partial charge in [0.1, 0.15) is 0 Å². The van der Waals surface area contributed by atoms with E-state index in [9.17, 15) is 3.89 Å². The summed E-state index contributed by atoms with van der Waals surface area (Å²) in [6.07, 6.45) is 5.81. The number of hydrogen-bond donors (Lipinski definition) is 0. The molecule has 0 saturated heterocycles. The van der Waals surface area contributed by atoms with Crippen LogP contribution in [0.5, 0.6) is 0 Å². The van der Waals surface area contributed by atoms with Crippen LogP contribution in [-0.4, -0.2) is 11.7 Å². The van der Waals surface area contributed by atoms with Crippen LogP contribution in [0.15, 0.2) is 96.4 Å². The molecule has 0 aliphatic carbocycles. The van der Waals surface area contributed by atoms with Gasteiger partial charge >= 0.3 is 0 Å². The molecule has 0 unspecified atom stereocenters. The molecule has 29 heavy (non-hydrogen) atoms. The van der Waals surface area contributed by atoms with Crippen LogP contribution in [0.2, 0.25) is 0 Å². The number of hydrogen-bond acceptors (Lipinski definition) is 0. The molecule has 2 heteroatoms. The molecule has 148 valence electrons. The topological polar surface area (TPSA) is 0 Å². The summed E-state index contributed by atoms with van der Waals surface area (Å²) < 4.78 is 14.5. The number of benzene rings is 3. The van der Waals surface area contributed by atoms with Gasteiger partial charge in [0, 0.05) is 4.90 Å². The first kappa shape index (κ1) is 20.9. The van der Waals surface area contributed by atoms with E-state index in [1.54, 1.807) is 6.07 Å². The second-order valence-electron chi connectivity index (χ2n) is 7.22. The predicted octanol–water partition coefficient (Wildman–Crippen LogP) is 7.78. The maximum Gasteiger partial charge on any atom is 0.0319 e. The minimum atomic E-state index is -2.77. The largest absolute Gasteiger partial charge is 0.177 e. The fourth-order valence-corrected chi connectivity index (χ4v) is 4.44. The Morgan fingerprint density at radius 1 is 0.931 bits per heavy atom. The molecule has 0 aliphatic heterocycles. The van der Waals surface area contributed by atoms with Crippen molar-refractivity contribution < 1.29 is 3.89 Å². The molecule has 0 fully saturated rings. The van der Waals surface area contributed by atoms with Crippen molar-refractivity contribution in [1.29, 1.82) is 0 Å². The monoisotopic (exact) mass is 402 g/mol. The van der Waals surface area contributed by atoms with Crippen LogP contribution < -0.4 is 0 Å². The van der Waals surface area contributed by atoms with Crippen molar-refractivity contribution >= 4 is 26.9 Å². The number of allylic oxidation sites excluding steroid dienone is 3. The first-order valence-electron chi connectivity index (χ1n) is 9.65. The van der Waals surface area contributed by atoms with Gasteiger partial charge in [-0.05, 0) is 80.6 Å². The van der Waals surface area contributed by atoms with E-state index in [0.717, 1.165) is 24.0 Å².